The molecule has 1 aliphatic heterocycles. The molecule has 0 spiro atoms. The molecule has 0 aliphatic carbocycles. The summed E-state index contributed by atoms with van der Waals surface area (Å²) in [4.78, 5) is 15.9. The molecule has 1 fully saturated rings. The van der Waals surface area contributed by atoms with Crippen molar-refractivity contribution in [3.63, 3.8) is 0 Å². The first-order valence-corrected chi connectivity index (χ1v) is 5.72. The summed E-state index contributed by atoms with van der Waals surface area (Å²) in [5.41, 5.74) is 0.985. The molecule has 1 aromatic rings. The van der Waals surface area contributed by atoms with Gasteiger partial charge in [-0.2, -0.15) is 0 Å². The van der Waals surface area contributed by atoms with Crippen LogP contribution in [-0.2, 0) is 0 Å². The lowest BCUT2D eigenvalue weighted by Gasteiger charge is -2.42. The molecule has 0 saturated carbocycles. The van der Waals surface area contributed by atoms with Crippen LogP contribution in [0.15, 0.2) is 30.3 Å². The quantitative estimate of drug-likeness (QED) is 0.711. The van der Waals surface area contributed by atoms with Crippen LogP contribution in [0.3, 0.4) is 0 Å². The number of rotatable bonds is 1. The molecule has 1 aromatic carbocycles. The molecule has 3 heteroatoms. The Balaban J connectivity index is 2.30. The van der Waals surface area contributed by atoms with E-state index in [1.54, 1.807) is 0 Å². The maximum absolute atomic E-state index is 12.2. The Bertz CT molecular complexity index is 377. The van der Waals surface area contributed by atoms with Crippen LogP contribution in [0.1, 0.15) is 20.3 Å². The first kappa shape index (κ1) is 11.0. The zero-order valence-electron chi connectivity index (χ0n) is 10.1. The molecule has 2 unspecified atom stereocenters. The van der Waals surface area contributed by atoms with Crippen molar-refractivity contribution in [2.75, 3.05) is 11.9 Å². The van der Waals surface area contributed by atoms with Crippen LogP contribution in [0, 0.1) is 0 Å². The van der Waals surface area contributed by atoms with E-state index in [1.165, 1.54) is 0 Å². The van der Waals surface area contributed by atoms with Crippen LogP contribution in [0.4, 0.5) is 10.5 Å². The monoisotopic (exact) mass is 218 g/mol. The molecule has 0 aromatic heterocycles. The number of carbonyl (C=O) groups excluding carboxylic acids is 1. The van der Waals surface area contributed by atoms with Crippen LogP contribution >= 0.6 is 0 Å². The Hall–Kier alpha value is -1.51. The Morgan fingerprint density at radius 2 is 1.75 bits per heavy atom. The van der Waals surface area contributed by atoms with Crippen LogP contribution in [0.5, 0.6) is 0 Å². The van der Waals surface area contributed by atoms with Crippen molar-refractivity contribution in [1.29, 1.82) is 0 Å². The van der Waals surface area contributed by atoms with Gasteiger partial charge in [0.15, 0.2) is 0 Å². The number of carbonyl (C=O) groups is 1. The molecule has 0 N–H and O–H groups in total. The van der Waals surface area contributed by atoms with Crippen LogP contribution in [0.2, 0.25) is 0 Å². The van der Waals surface area contributed by atoms with Gasteiger partial charge in [0.1, 0.15) is 0 Å². The van der Waals surface area contributed by atoms with E-state index >= 15 is 0 Å². The Morgan fingerprint density at radius 3 is 2.38 bits per heavy atom. The van der Waals surface area contributed by atoms with E-state index in [0.717, 1.165) is 12.1 Å². The molecule has 2 atom stereocenters. The minimum absolute atomic E-state index is 0.0949. The number of amides is 2. The fraction of sp³-hybridized carbons (Fsp3) is 0.462. The second kappa shape index (κ2) is 4.16. The number of benzene rings is 1. The van der Waals surface area contributed by atoms with Gasteiger partial charge in [0.05, 0.1) is 0 Å². The number of hydrogen-bond acceptors (Lipinski definition) is 1. The second-order valence-electron chi connectivity index (χ2n) is 4.53. The van der Waals surface area contributed by atoms with Crippen molar-refractivity contribution in [2.45, 2.75) is 32.4 Å². The van der Waals surface area contributed by atoms with Gasteiger partial charge in [-0.25, -0.2) is 4.79 Å². The molecule has 1 heterocycles. The van der Waals surface area contributed by atoms with Gasteiger partial charge in [0.2, 0.25) is 0 Å². The third-order valence-corrected chi connectivity index (χ3v) is 3.33. The highest BCUT2D eigenvalue weighted by Crippen LogP contribution is 2.26. The molecule has 0 radical (unpaired) electrons. The zero-order valence-corrected chi connectivity index (χ0v) is 10.1. The van der Waals surface area contributed by atoms with Gasteiger partial charge in [0, 0.05) is 24.8 Å². The highest BCUT2D eigenvalue weighted by atomic mass is 16.2. The average molecular weight is 218 g/mol. The van der Waals surface area contributed by atoms with Gasteiger partial charge in [-0.3, -0.25) is 4.90 Å². The van der Waals surface area contributed by atoms with Crippen molar-refractivity contribution >= 4 is 11.7 Å². The van der Waals surface area contributed by atoms with Gasteiger partial charge >= 0.3 is 6.03 Å². The molecular formula is C13H18N2O. The highest BCUT2D eigenvalue weighted by Gasteiger charge is 2.33. The molecule has 1 saturated heterocycles. The van der Waals surface area contributed by atoms with E-state index in [-0.39, 0.29) is 12.1 Å². The summed E-state index contributed by atoms with van der Waals surface area (Å²) < 4.78 is 0. The van der Waals surface area contributed by atoms with Gasteiger partial charge < -0.3 is 4.90 Å². The summed E-state index contributed by atoms with van der Waals surface area (Å²) in [5, 5.41) is 0. The summed E-state index contributed by atoms with van der Waals surface area (Å²) in [5.74, 6) is 0. The normalized spacial score (nSPS) is 26.1. The van der Waals surface area contributed by atoms with Gasteiger partial charge in [0.25, 0.3) is 0 Å². The number of urea groups is 1. The van der Waals surface area contributed by atoms with Crippen molar-refractivity contribution in [3.05, 3.63) is 30.3 Å². The summed E-state index contributed by atoms with van der Waals surface area (Å²) in [6.07, 6.45) is 1.01. The van der Waals surface area contributed by atoms with Crippen LogP contribution in [-0.4, -0.2) is 30.1 Å². The predicted molar refractivity (Wildman–Crippen MR) is 65.6 cm³/mol. The standard InChI is InChI=1S/C13H18N2O/c1-10-9-11(2)15(13(16)14(10)3)12-7-5-4-6-8-12/h4-8,10-11H,9H2,1-3H3. The van der Waals surface area contributed by atoms with Crippen molar-refractivity contribution in [2.24, 2.45) is 0 Å². The molecule has 2 amide bonds. The minimum atomic E-state index is 0.0949. The van der Waals surface area contributed by atoms with Crippen LogP contribution < -0.4 is 4.90 Å². The fourth-order valence-electron chi connectivity index (χ4n) is 2.26. The average Bonchev–Trinajstić information content (AvgIpc) is 2.28. The smallest absolute Gasteiger partial charge is 0.324 e. The van der Waals surface area contributed by atoms with E-state index < -0.39 is 0 Å². The van der Waals surface area contributed by atoms with E-state index in [9.17, 15) is 4.79 Å². The lowest BCUT2D eigenvalue weighted by Crippen LogP contribution is -2.55. The molecular weight excluding hydrogens is 200 g/mol. The molecule has 2 rings (SSSR count). The first-order valence-electron chi connectivity index (χ1n) is 5.72. The third kappa shape index (κ3) is 1.77. The highest BCUT2D eigenvalue weighted by molar-refractivity contribution is 5.93. The SMILES string of the molecule is CC1CC(C)N(c2ccccc2)C(=O)N1C. The first-order chi connectivity index (χ1) is 7.61. The van der Waals surface area contributed by atoms with Crippen molar-refractivity contribution in [1.82, 2.24) is 4.90 Å². The van der Waals surface area contributed by atoms with Gasteiger partial charge in [-0.05, 0) is 32.4 Å². The maximum Gasteiger partial charge on any atom is 0.324 e. The Labute approximate surface area is 96.7 Å². The van der Waals surface area contributed by atoms with Gasteiger partial charge in [-0.1, -0.05) is 18.2 Å². The van der Waals surface area contributed by atoms with E-state index in [0.29, 0.717) is 6.04 Å². The summed E-state index contributed by atoms with van der Waals surface area (Å²) in [6, 6.07) is 10.5. The Kier molecular flexibility index (Phi) is 2.86. The lowest BCUT2D eigenvalue weighted by atomic mass is 10.0. The van der Waals surface area contributed by atoms with Crippen molar-refractivity contribution < 1.29 is 4.79 Å². The third-order valence-electron chi connectivity index (χ3n) is 3.33. The maximum atomic E-state index is 12.2. The number of para-hydroxylation sites is 1. The minimum Gasteiger partial charge on any atom is -0.325 e. The second-order valence-corrected chi connectivity index (χ2v) is 4.53. The summed E-state index contributed by atoms with van der Waals surface area (Å²) >= 11 is 0. The molecule has 1 aliphatic rings. The van der Waals surface area contributed by atoms with Crippen molar-refractivity contribution in [3.8, 4) is 0 Å². The fourth-order valence-corrected chi connectivity index (χ4v) is 2.26. The lowest BCUT2D eigenvalue weighted by molar-refractivity contribution is 0.177. The van der Waals surface area contributed by atoms with E-state index in [4.69, 9.17) is 0 Å². The van der Waals surface area contributed by atoms with Gasteiger partial charge in [-0.15, -0.1) is 0 Å². The molecule has 16 heavy (non-hydrogen) atoms. The number of hydrogen-bond donors (Lipinski definition) is 0. The largest absolute Gasteiger partial charge is 0.325 e. The topological polar surface area (TPSA) is 23.6 Å². The molecule has 3 nitrogen and oxygen atoms in total. The summed E-state index contributed by atoms with van der Waals surface area (Å²) in [7, 11) is 1.87. The van der Waals surface area contributed by atoms with E-state index in [2.05, 4.69) is 13.8 Å². The number of anilines is 1. The van der Waals surface area contributed by atoms with Crippen LogP contribution in [0.25, 0.3) is 0 Å². The zero-order chi connectivity index (χ0) is 11.7. The molecule has 86 valence electrons. The Morgan fingerprint density at radius 1 is 1.12 bits per heavy atom. The van der Waals surface area contributed by atoms with E-state index in [1.807, 2.05) is 47.2 Å². The molecule has 0 bridgehead atoms. The number of nitrogens with zero attached hydrogens (tertiary/aromatic N) is 2. The summed E-state index contributed by atoms with van der Waals surface area (Å²) in [6.45, 7) is 4.20. The predicted octanol–water partition coefficient (Wildman–Crippen LogP) is 2.73.